The summed E-state index contributed by atoms with van der Waals surface area (Å²) in [7, 11) is -2.05. The number of piperazine rings is 1. The van der Waals surface area contributed by atoms with Gasteiger partial charge in [0.2, 0.25) is 10.0 Å². The Labute approximate surface area is 210 Å². The van der Waals surface area contributed by atoms with E-state index < -0.39 is 10.0 Å². The van der Waals surface area contributed by atoms with Gasteiger partial charge in [0.05, 0.1) is 12.0 Å². The van der Waals surface area contributed by atoms with Crippen molar-refractivity contribution in [1.82, 2.24) is 4.31 Å². The molecule has 0 aliphatic carbocycles. The third kappa shape index (κ3) is 4.61. The Hall–Kier alpha value is -3.07. The summed E-state index contributed by atoms with van der Waals surface area (Å²) in [5, 5.41) is 0.662. The molecule has 2 heterocycles. The standard InChI is InChI=1S/C26H26ClN3O4S/c1-34-23-7-5-19(6-8-23)26(31)30-12-11-20-17-24(9-10-25(20)30)35(32,33)29-15-13-28(14-16-29)22-4-2-3-21(27)18-22/h2-10,17-18H,11-16H2,1H3. The van der Waals surface area contributed by atoms with Crippen LogP contribution in [0.1, 0.15) is 15.9 Å². The fourth-order valence-electron chi connectivity index (χ4n) is 4.65. The van der Waals surface area contributed by atoms with Crippen LogP contribution in [0, 0.1) is 0 Å². The van der Waals surface area contributed by atoms with Gasteiger partial charge in [0.15, 0.2) is 0 Å². The maximum absolute atomic E-state index is 13.4. The topological polar surface area (TPSA) is 70.2 Å². The molecule has 9 heteroatoms. The van der Waals surface area contributed by atoms with Crippen molar-refractivity contribution in [2.75, 3.05) is 49.6 Å². The molecule has 182 valence electrons. The normalized spacial score (nSPS) is 16.3. The second kappa shape index (κ2) is 9.53. The van der Waals surface area contributed by atoms with Gasteiger partial charge in [-0.25, -0.2) is 8.42 Å². The van der Waals surface area contributed by atoms with Gasteiger partial charge in [0.1, 0.15) is 5.75 Å². The van der Waals surface area contributed by atoms with E-state index in [2.05, 4.69) is 4.90 Å². The van der Waals surface area contributed by atoms with Crippen molar-refractivity contribution in [2.24, 2.45) is 0 Å². The van der Waals surface area contributed by atoms with E-state index in [4.69, 9.17) is 16.3 Å². The molecule has 0 bridgehead atoms. The fourth-order valence-corrected chi connectivity index (χ4v) is 6.31. The van der Waals surface area contributed by atoms with E-state index >= 15 is 0 Å². The molecule has 3 aromatic rings. The Balaban J connectivity index is 1.30. The maximum Gasteiger partial charge on any atom is 0.258 e. The number of fused-ring (bicyclic) bond motifs is 1. The Morgan fingerprint density at radius 2 is 1.66 bits per heavy atom. The molecule has 5 rings (SSSR count). The highest BCUT2D eigenvalue weighted by Crippen LogP contribution is 2.33. The highest BCUT2D eigenvalue weighted by atomic mass is 35.5. The van der Waals surface area contributed by atoms with Gasteiger partial charge < -0.3 is 14.5 Å². The van der Waals surface area contributed by atoms with Crippen LogP contribution in [0.5, 0.6) is 5.75 Å². The first-order chi connectivity index (χ1) is 16.9. The number of carbonyl (C=O) groups is 1. The van der Waals surface area contributed by atoms with Crippen LogP contribution < -0.4 is 14.5 Å². The van der Waals surface area contributed by atoms with Gasteiger partial charge in [0, 0.05) is 54.7 Å². The third-order valence-corrected chi connectivity index (χ3v) is 8.71. The van der Waals surface area contributed by atoms with Gasteiger partial charge in [0.25, 0.3) is 5.91 Å². The van der Waals surface area contributed by atoms with Crippen LogP contribution in [-0.4, -0.2) is 58.5 Å². The molecule has 7 nitrogen and oxygen atoms in total. The van der Waals surface area contributed by atoms with Crippen LogP contribution in [-0.2, 0) is 16.4 Å². The lowest BCUT2D eigenvalue weighted by Crippen LogP contribution is -2.48. The molecule has 1 amide bonds. The SMILES string of the molecule is COc1ccc(C(=O)N2CCc3cc(S(=O)(=O)N4CCN(c5cccc(Cl)c5)CC4)ccc32)cc1. The zero-order valence-electron chi connectivity index (χ0n) is 19.4. The van der Waals surface area contributed by atoms with Gasteiger partial charge in [-0.2, -0.15) is 4.31 Å². The number of halogens is 1. The molecular weight excluding hydrogens is 486 g/mol. The first-order valence-electron chi connectivity index (χ1n) is 11.5. The Kier molecular flexibility index (Phi) is 6.44. The zero-order valence-corrected chi connectivity index (χ0v) is 20.9. The molecule has 2 aliphatic rings. The van der Waals surface area contributed by atoms with Crippen molar-refractivity contribution in [3.8, 4) is 5.75 Å². The first-order valence-corrected chi connectivity index (χ1v) is 13.3. The highest BCUT2D eigenvalue weighted by Gasteiger charge is 2.31. The number of hydrogen-bond donors (Lipinski definition) is 0. The van der Waals surface area contributed by atoms with Crippen molar-refractivity contribution < 1.29 is 17.9 Å². The lowest BCUT2D eigenvalue weighted by atomic mass is 10.1. The number of carbonyl (C=O) groups excluding carboxylic acids is 1. The number of nitrogens with zero attached hydrogens (tertiary/aromatic N) is 3. The first kappa shape index (κ1) is 23.7. The fraction of sp³-hybridized carbons (Fsp3) is 0.269. The van der Waals surface area contributed by atoms with Crippen LogP contribution in [0.2, 0.25) is 5.02 Å². The minimum absolute atomic E-state index is 0.112. The van der Waals surface area contributed by atoms with Gasteiger partial charge in [-0.05, 0) is 72.6 Å². The molecular formula is C26H26ClN3O4S. The Morgan fingerprint density at radius 1 is 0.914 bits per heavy atom. The summed E-state index contributed by atoms with van der Waals surface area (Å²) >= 11 is 6.11. The number of anilines is 2. The number of hydrogen-bond acceptors (Lipinski definition) is 5. The molecule has 0 unspecified atom stereocenters. The molecule has 1 fully saturated rings. The van der Waals surface area contributed by atoms with Gasteiger partial charge in [-0.3, -0.25) is 4.79 Å². The molecule has 3 aromatic carbocycles. The predicted molar refractivity (Wildman–Crippen MR) is 137 cm³/mol. The van der Waals surface area contributed by atoms with Crippen LogP contribution in [0.3, 0.4) is 0 Å². The number of rotatable bonds is 5. The summed E-state index contributed by atoms with van der Waals surface area (Å²) in [5.74, 6) is 0.575. The van der Waals surface area contributed by atoms with Crippen LogP contribution in [0.25, 0.3) is 0 Å². The minimum atomic E-state index is -3.63. The van der Waals surface area contributed by atoms with Crippen LogP contribution in [0.15, 0.2) is 71.6 Å². The average Bonchev–Trinajstić information content (AvgIpc) is 3.32. The summed E-state index contributed by atoms with van der Waals surface area (Å²) in [6.45, 7) is 2.49. The Bertz CT molecular complexity index is 1350. The smallest absolute Gasteiger partial charge is 0.258 e. The molecule has 0 saturated carbocycles. The van der Waals surface area contributed by atoms with Gasteiger partial charge >= 0.3 is 0 Å². The number of benzene rings is 3. The molecule has 0 aromatic heterocycles. The van der Waals surface area contributed by atoms with Crippen molar-refractivity contribution >= 4 is 38.9 Å². The largest absolute Gasteiger partial charge is 0.497 e. The summed E-state index contributed by atoms with van der Waals surface area (Å²) in [5.41, 5.74) is 3.18. The number of methoxy groups -OCH3 is 1. The number of ether oxygens (including phenoxy) is 1. The summed E-state index contributed by atoms with van der Waals surface area (Å²) < 4.78 is 33.4. The van der Waals surface area contributed by atoms with Crippen molar-refractivity contribution in [3.63, 3.8) is 0 Å². The van der Waals surface area contributed by atoms with E-state index in [-0.39, 0.29) is 10.8 Å². The molecule has 0 radical (unpaired) electrons. The van der Waals surface area contributed by atoms with Crippen molar-refractivity contribution in [2.45, 2.75) is 11.3 Å². The van der Waals surface area contributed by atoms with Crippen LogP contribution >= 0.6 is 11.6 Å². The lowest BCUT2D eigenvalue weighted by molar-refractivity contribution is 0.0989. The molecule has 0 atom stereocenters. The third-order valence-electron chi connectivity index (χ3n) is 6.58. The number of sulfonamides is 1. The van der Waals surface area contributed by atoms with E-state index in [1.165, 1.54) is 4.31 Å². The summed E-state index contributed by atoms with van der Waals surface area (Å²) in [6.07, 6.45) is 0.614. The van der Waals surface area contributed by atoms with E-state index in [9.17, 15) is 13.2 Å². The molecule has 1 saturated heterocycles. The lowest BCUT2D eigenvalue weighted by Gasteiger charge is -2.35. The van der Waals surface area contributed by atoms with E-state index in [0.29, 0.717) is 55.5 Å². The summed E-state index contributed by atoms with van der Waals surface area (Å²) in [6, 6.07) is 19.7. The second-order valence-corrected chi connectivity index (χ2v) is 11.0. The second-order valence-electron chi connectivity index (χ2n) is 8.60. The molecule has 35 heavy (non-hydrogen) atoms. The van der Waals surface area contributed by atoms with E-state index in [1.54, 1.807) is 54.5 Å². The number of amides is 1. The zero-order chi connectivity index (χ0) is 24.6. The highest BCUT2D eigenvalue weighted by molar-refractivity contribution is 7.89. The van der Waals surface area contributed by atoms with Gasteiger partial charge in [-0.1, -0.05) is 17.7 Å². The van der Waals surface area contributed by atoms with Gasteiger partial charge in [-0.15, -0.1) is 0 Å². The Morgan fingerprint density at radius 3 is 2.34 bits per heavy atom. The summed E-state index contributed by atoms with van der Waals surface area (Å²) in [4.78, 5) is 17.2. The quantitative estimate of drug-likeness (QED) is 0.516. The molecule has 0 N–H and O–H groups in total. The van der Waals surface area contributed by atoms with Crippen molar-refractivity contribution in [3.05, 3.63) is 82.9 Å². The maximum atomic E-state index is 13.4. The van der Waals surface area contributed by atoms with E-state index in [0.717, 1.165) is 16.9 Å². The van der Waals surface area contributed by atoms with E-state index in [1.807, 2.05) is 24.3 Å². The molecule has 2 aliphatic heterocycles. The van der Waals surface area contributed by atoms with Crippen molar-refractivity contribution in [1.29, 1.82) is 0 Å². The average molecular weight is 512 g/mol. The predicted octanol–water partition coefficient (Wildman–Crippen LogP) is 4.06. The molecule has 0 spiro atoms. The monoisotopic (exact) mass is 511 g/mol. The van der Waals surface area contributed by atoms with Crippen LogP contribution in [0.4, 0.5) is 11.4 Å². The minimum Gasteiger partial charge on any atom is -0.497 e.